The van der Waals surface area contributed by atoms with E-state index in [1.54, 1.807) is 6.20 Å². The number of β-amino-alcohol motifs (C(OH)–C–C–N with tert-alkyl or cyclic N) is 1. The molecule has 1 aliphatic rings. The molecule has 1 aromatic heterocycles. The maximum absolute atomic E-state index is 9.09. The highest BCUT2D eigenvalue weighted by atomic mass is 16.3. The minimum atomic E-state index is -0.0175. The van der Waals surface area contributed by atoms with Crippen molar-refractivity contribution in [1.82, 2.24) is 14.9 Å². The number of nitrogens with zero attached hydrogens (tertiary/aromatic N) is 4. The number of hydrogen-bond donors (Lipinski definition) is 2. The zero-order chi connectivity index (χ0) is 13.0. The van der Waals surface area contributed by atoms with E-state index >= 15 is 0 Å². The van der Waals surface area contributed by atoms with Crippen molar-refractivity contribution in [1.29, 1.82) is 0 Å². The quantitative estimate of drug-likeness (QED) is 0.745. The largest absolute Gasteiger partial charge is 0.395 e. The van der Waals surface area contributed by atoms with Crippen molar-refractivity contribution < 1.29 is 10.2 Å². The lowest BCUT2D eigenvalue weighted by molar-refractivity contribution is 0.188. The molecule has 1 fully saturated rings. The van der Waals surface area contributed by atoms with Crippen LogP contribution in [0.2, 0.25) is 0 Å². The summed E-state index contributed by atoms with van der Waals surface area (Å²) in [6.07, 6.45) is 1.69. The summed E-state index contributed by atoms with van der Waals surface area (Å²) in [6.45, 7) is 6.40. The van der Waals surface area contributed by atoms with Crippen LogP contribution in [-0.2, 0) is 6.61 Å². The summed E-state index contributed by atoms with van der Waals surface area (Å²) in [5.74, 6) is 0.730. The topological polar surface area (TPSA) is 72.7 Å². The molecular formula is C12H20N4O2. The molecule has 0 atom stereocenters. The van der Waals surface area contributed by atoms with Gasteiger partial charge in [0.25, 0.3) is 0 Å². The SMILES string of the molecule is Cc1nc(N2CCN(CCO)CC2)ncc1CO. The van der Waals surface area contributed by atoms with E-state index in [-0.39, 0.29) is 13.2 Å². The molecule has 100 valence electrons. The van der Waals surface area contributed by atoms with E-state index < -0.39 is 0 Å². The molecule has 0 saturated carbocycles. The highest BCUT2D eigenvalue weighted by Crippen LogP contribution is 2.13. The fraction of sp³-hybridized carbons (Fsp3) is 0.667. The minimum Gasteiger partial charge on any atom is -0.395 e. The standard InChI is InChI=1S/C12H20N4O2/c1-10-11(9-18)8-13-12(14-10)16-4-2-15(3-5-16)6-7-17/h8,17-18H,2-7,9H2,1H3. The molecule has 2 rings (SSSR count). The van der Waals surface area contributed by atoms with E-state index in [0.29, 0.717) is 0 Å². The summed E-state index contributed by atoms with van der Waals surface area (Å²) < 4.78 is 0. The average molecular weight is 252 g/mol. The highest BCUT2D eigenvalue weighted by Gasteiger charge is 2.18. The zero-order valence-electron chi connectivity index (χ0n) is 10.7. The van der Waals surface area contributed by atoms with Crippen LogP contribution < -0.4 is 4.90 Å². The van der Waals surface area contributed by atoms with Gasteiger partial charge in [-0.25, -0.2) is 9.97 Å². The number of aromatic nitrogens is 2. The van der Waals surface area contributed by atoms with Gasteiger partial charge < -0.3 is 15.1 Å². The summed E-state index contributed by atoms with van der Waals surface area (Å²) >= 11 is 0. The third kappa shape index (κ3) is 2.95. The molecule has 18 heavy (non-hydrogen) atoms. The number of aryl methyl sites for hydroxylation is 1. The van der Waals surface area contributed by atoms with Crippen molar-refractivity contribution >= 4 is 5.95 Å². The van der Waals surface area contributed by atoms with Crippen molar-refractivity contribution in [3.05, 3.63) is 17.5 Å². The van der Waals surface area contributed by atoms with Crippen LogP contribution in [0.5, 0.6) is 0 Å². The van der Waals surface area contributed by atoms with E-state index in [1.165, 1.54) is 0 Å². The monoisotopic (exact) mass is 252 g/mol. The second-order valence-electron chi connectivity index (χ2n) is 4.49. The van der Waals surface area contributed by atoms with Gasteiger partial charge >= 0.3 is 0 Å². The number of hydrogen-bond acceptors (Lipinski definition) is 6. The van der Waals surface area contributed by atoms with E-state index in [0.717, 1.165) is 49.9 Å². The summed E-state index contributed by atoms with van der Waals surface area (Å²) in [7, 11) is 0. The molecule has 1 saturated heterocycles. The first-order valence-corrected chi connectivity index (χ1v) is 6.26. The van der Waals surface area contributed by atoms with Gasteiger partial charge in [-0.05, 0) is 6.92 Å². The number of piperazine rings is 1. The molecule has 0 amide bonds. The molecule has 2 heterocycles. The number of anilines is 1. The first kappa shape index (κ1) is 13.2. The van der Waals surface area contributed by atoms with Crippen molar-refractivity contribution in [3.8, 4) is 0 Å². The van der Waals surface area contributed by atoms with Gasteiger partial charge in [0.2, 0.25) is 5.95 Å². The summed E-state index contributed by atoms with van der Waals surface area (Å²) in [5, 5.41) is 18.0. The highest BCUT2D eigenvalue weighted by molar-refractivity contribution is 5.33. The Hall–Kier alpha value is -1.24. The second kappa shape index (κ2) is 6.08. The van der Waals surface area contributed by atoms with Gasteiger partial charge in [0.1, 0.15) is 0 Å². The van der Waals surface area contributed by atoms with Crippen LogP contribution in [0.15, 0.2) is 6.20 Å². The minimum absolute atomic E-state index is 0.0175. The third-order valence-corrected chi connectivity index (χ3v) is 3.31. The van der Waals surface area contributed by atoms with Crippen LogP contribution in [0.25, 0.3) is 0 Å². The van der Waals surface area contributed by atoms with Crippen molar-refractivity contribution in [2.75, 3.05) is 44.2 Å². The molecule has 0 bridgehead atoms. The van der Waals surface area contributed by atoms with Gasteiger partial charge in [-0.15, -0.1) is 0 Å². The van der Waals surface area contributed by atoms with E-state index in [4.69, 9.17) is 10.2 Å². The number of aliphatic hydroxyl groups is 2. The second-order valence-corrected chi connectivity index (χ2v) is 4.49. The number of aliphatic hydroxyl groups excluding tert-OH is 2. The lowest BCUT2D eigenvalue weighted by atomic mass is 10.2. The third-order valence-electron chi connectivity index (χ3n) is 3.31. The Morgan fingerprint density at radius 3 is 2.50 bits per heavy atom. The normalized spacial score (nSPS) is 17.2. The van der Waals surface area contributed by atoms with Gasteiger partial charge in [0, 0.05) is 50.2 Å². The molecule has 0 unspecified atom stereocenters. The summed E-state index contributed by atoms with van der Waals surface area (Å²) in [6, 6.07) is 0. The van der Waals surface area contributed by atoms with E-state index in [2.05, 4.69) is 19.8 Å². The van der Waals surface area contributed by atoms with Crippen molar-refractivity contribution in [2.45, 2.75) is 13.5 Å². The van der Waals surface area contributed by atoms with Crippen LogP contribution in [0, 0.1) is 6.92 Å². The fourth-order valence-electron chi connectivity index (χ4n) is 2.10. The lowest BCUT2D eigenvalue weighted by Gasteiger charge is -2.34. The Labute approximate surface area is 107 Å². The van der Waals surface area contributed by atoms with E-state index in [1.807, 2.05) is 6.92 Å². The molecule has 1 aromatic rings. The predicted octanol–water partition coefficient (Wildman–Crippen LogP) is -0.608. The fourth-order valence-corrected chi connectivity index (χ4v) is 2.10. The number of rotatable bonds is 4. The summed E-state index contributed by atoms with van der Waals surface area (Å²) in [4.78, 5) is 13.1. The predicted molar refractivity (Wildman–Crippen MR) is 68.4 cm³/mol. The molecule has 0 aliphatic carbocycles. The zero-order valence-corrected chi connectivity index (χ0v) is 10.7. The molecular weight excluding hydrogens is 232 g/mol. The van der Waals surface area contributed by atoms with Crippen molar-refractivity contribution in [3.63, 3.8) is 0 Å². The first-order chi connectivity index (χ1) is 8.74. The van der Waals surface area contributed by atoms with E-state index in [9.17, 15) is 0 Å². The molecule has 0 aromatic carbocycles. The Balaban J connectivity index is 1.99. The molecule has 2 N–H and O–H groups in total. The maximum Gasteiger partial charge on any atom is 0.225 e. The Bertz CT molecular complexity index is 392. The molecule has 1 aliphatic heterocycles. The summed E-state index contributed by atoms with van der Waals surface area (Å²) in [5.41, 5.74) is 1.61. The van der Waals surface area contributed by atoms with Gasteiger partial charge in [-0.2, -0.15) is 0 Å². The Morgan fingerprint density at radius 1 is 1.22 bits per heavy atom. The van der Waals surface area contributed by atoms with Gasteiger partial charge in [0.05, 0.1) is 13.2 Å². The Kier molecular flexibility index (Phi) is 4.46. The molecule has 6 nitrogen and oxygen atoms in total. The molecule has 0 radical (unpaired) electrons. The van der Waals surface area contributed by atoms with Gasteiger partial charge in [-0.3, -0.25) is 4.90 Å². The molecule has 6 heteroatoms. The lowest BCUT2D eigenvalue weighted by Crippen LogP contribution is -2.47. The molecule has 0 spiro atoms. The van der Waals surface area contributed by atoms with Crippen molar-refractivity contribution in [2.24, 2.45) is 0 Å². The maximum atomic E-state index is 9.09. The van der Waals surface area contributed by atoms with Crippen LogP contribution >= 0.6 is 0 Å². The Morgan fingerprint density at radius 2 is 1.94 bits per heavy atom. The first-order valence-electron chi connectivity index (χ1n) is 6.26. The average Bonchev–Trinajstić information content (AvgIpc) is 2.40. The smallest absolute Gasteiger partial charge is 0.225 e. The van der Waals surface area contributed by atoms with Crippen LogP contribution in [-0.4, -0.2) is 64.4 Å². The van der Waals surface area contributed by atoms with Crippen LogP contribution in [0.3, 0.4) is 0 Å². The van der Waals surface area contributed by atoms with Gasteiger partial charge in [0.15, 0.2) is 0 Å². The van der Waals surface area contributed by atoms with Crippen LogP contribution in [0.4, 0.5) is 5.95 Å². The van der Waals surface area contributed by atoms with Gasteiger partial charge in [-0.1, -0.05) is 0 Å². The van der Waals surface area contributed by atoms with Crippen LogP contribution in [0.1, 0.15) is 11.3 Å².